The number of likely N-dealkylation sites (tertiary alicyclic amines) is 1. The predicted molar refractivity (Wildman–Crippen MR) is 143 cm³/mol. The maximum absolute atomic E-state index is 13.9. The number of rotatable bonds is 10. The molecule has 216 valence electrons. The summed E-state index contributed by atoms with van der Waals surface area (Å²) < 4.78 is 22.7. The maximum Gasteiger partial charge on any atom is 0.410 e. The van der Waals surface area contributed by atoms with Crippen molar-refractivity contribution in [3.8, 4) is 11.5 Å². The van der Waals surface area contributed by atoms with Gasteiger partial charge in [0.25, 0.3) is 0 Å². The molecule has 3 aliphatic rings. The van der Waals surface area contributed by atoms with E-state index < -0.39 is 29.5 Å². The molecule has 0 unspecified atom stereocenters. The highest BCUT2D eigenvalue weighted by atomic mass is 16.6. The normalized spacial score (nSPS) is 21.0. The molecule has 1 aromatic carbocycles. The summed E-state index contributed by atoms with van der Waals surface area (Å²) in [6.45, 7) is 7.61. The molecule has 1 aromatic rings. The Bertz CT molecular complexity index is 1050. The number of fused-ring (bicyclic) bond motifs is 1. The van der Waals surface area contributed by atoms with Crippen LogP contribution < -0.4 is 9.47 Å². The number of nitrogens with zero attached hydrogens (tertiary/aromatic N) is 2. The Morgan fingerprint density at radius 2 is 1.87 bits per heavy atom. The van der Waals surface area contributed by atoms with E-state index in [1.165, 1.54) is 4.90 Å². The van der Waals surface area contributed by atoms with Gasteiger partial charge < -0.3 is 33.9 Å². The van der Waals surface area contributed by atoms with Gasteiger partial charge in [0.1, 0.15) is 17.1 Å². The third-order valence-electron chi connectivity index (χ3n) is 7.23. The van der Waals surface area contributed by atoms with Gasteiger partial charge in [0.15, 0.2) is 0 Å². The van der Waals surface area contributed by atoms with Gasteiger partial charge >= 0.3 is 12.1 Å². The summed E-state index contributed by atoms with van der Waals surface area (Å²) >= 11 is 0. The first-order chi connectivity index (χ1) is 18.6. The number of amides is 2. The number of carboxylic acids is 1. The number of ether oxygens (including phenoxy) is 4. The van der Waals surface area contributed by atoms with Crippen LogP contribution in [-0.4, -0.2) is 84.5 Å². The van der Waals surface area contributed by atoms with Crippen molar-refractivity contribution in [2.45, 2.75) is 77.5 Å². The van der Waals surface area contributed by atoms with Crippen molar-refractivity contribution >= 4 is 18.0 Å². The zero-order chi connectivity index (χ0) is 28.2. The molecular formula is C29H42N2O8. The highest BCUT2D eigenvalue weighted by Crippen LogP contribution is 2.38. The van der Waals surface area contributed by atoms with E-state index in [4.69, 9.17) is 18.9 Å². The molecule has 4 rings (SSSR count). The van der Waals surface area contributed by atoms with Crippen LogP contribution in [0.2, 0.25) is 0 Å². The number of piperidine rings is 1. The first-order valence-corrected chi connectivity index (χ1v) is 14.0. The van der Waals surface area contributed by atoms with Crippen LogP contribution in [0.15, 0.2) is 12.1 Å². The largest absolute Gasteiger partial charge is 0.493 e. The number of hydrogen-bond acceptors (Lipinski definition) is 7. The molecule has 0 spiro atoms. The predicted octanol–water partition coefficient (Wildman–Crippen LogP) is 3.88. The summed E-state index contributed by atoms with van der Waals surface area (Å²) in [5.74, 6) is -1.01. The first-order valence-electron chi connectivity index (χ1n) is 14.0. The fraction of sp³-hybridized carbons (Fsp3) is 0.690. The lowest BCUT2D eigenvalue weighted by Crippen LogP contribution is -2.52. The quantitative estimate of drug-likeness (QED) is 0.440. The summed E-state index contributed by atoms with van der Waals surface area (Å²) in [7, 11) is 1.66. The van der Waals surface area contributed by atoms with Crippen molar-refractivity contribution in [1.29, 1.82) is 0 Å². The lowest BCUT2D eigenvalue weighted by Gasteiger charge is -2.38. The minimum absolute atomic E-state index is 0.0311. The van der Waals surface area contributed by atoms with E-state index in [0.717, 1.165) is 54.7 Å². The fourth-order valence-corrected chi connectivity index (χ4v) is 5.22. The average Bonchev–Trinajstić information content (AvgIpc) is 3.73. The summed E-state index contributed by atoms with van der Waals surface area (Å²) in [5, 5.41) is 9.77. The molecule has 0 radical (unpaired) electrons. The molecular weight excluding hydrogens is 504 g/mol. The Balaban J connectivity index is 1.53. The third-order valence-corrected chi connectivity index (χ3v) is 7.23. The van der Waals surface area contributed by atoms with Crippen molar-refractivity contribution in [3.05, 3.63) is 23.3 Å². The molecule has 1 N–H and O–H groups in total. The van der Waals surface area contributed by atoms with Gasteiger partial charge in [0, 0.05) is 51.4 Å². The number of carbonyl (C=O) groups excluding carboxylic acids is 2. The number of benzene rings is 1. The second-order valence-corrected chi connectivity index (χ2v) is 11.8. The van der Waals surface area contributed by atoms with Crippen molar-refractivity contribution in [1.82, 2.24) is 9.80 Å². The third kappa shape index (κ3) is 7.77. The van der Waals surface area contributed by atoms with Crippen LogP contribution in [0.5, 0.6) is 11.5 Å². The van der Waals surface area contributed by atoms with E-state index in [-0.39, 0.29) is 31.5 Å². The van der Waals surface area contributed by atoms with Gasteiger partial charge in [-0.2, -0.15) is 0 Å². The van der Waals surface area contributed by atoms with E-state index in [1.54, 1.807) is 27.9 Å². The van der Waals surface area contributed by atoms with Crippen LogP contribution >= 0.6 is 0 Å². The van der Waals surface area contributed by atoms with Gasteiger partial charge in [-0.15, -0.1) is 0 Å². The molecule has 0 aromatic heterocycles. The van der Waals surface area contributed by atoms with E-state index in [0.29, 0.717) is 26.4 Å². The Labute approximate surface area is 230 Å². The molecule has 1 aliphatic carbocycles. The zero-order valence-electron chi connectivity index (χ0n) is 23.6. The van der Waals surface area contributed by atoms with Crippen molar-refractivity contribution in [2.24, 2.45) is 11.8 Å². The lowest BCUT2D eigenvalue weighted by atomic mass is 9.88. The first kappa shape index (κ1) is 29.0. The molecule has 2 aliphatic heterocycles. The molecule has 0 bridgehead atoms. The van der Waals surface area contributed by atoms with Crippen LogP contribution in [0.25, 0.3) is 0 Å². The number of hydrogen-bond donors (Lipinski definition) is 1. The van der Waals surface area contributed by atoms with Crippen LogP contribution in [0.4, 0.5) is 4.79 Å². The van der Waals surface area contributed by atoms with Crippen LogP contribution in [0.3, 0.4) is 0 Å². The van der Waals surface area contributed by atoms with Gasteiger partial charge in [-0.3, -0.25) is 9.59 Å². The van der Waals surface area contributed by atoms with E-state index >= 15 is 0 Å². The molecule has 39 heavy (non-hydrogen) atoms. The van der Waals surface area contributed by atoms with Crippen molar-refractivity contribution in [2.75, 3.05) is 40.0 Å². The maximum atomic E-state index is 13.9. The number of carboxylic acid groups (broad SMARTS) is 1. The smallest absolute Gasteiger partial charge is 0.410 e. The van der Waals surface area contributed by atoms with Gasteiger partial charge in [-0.25, -0.2) is 4.79 Å². The number of aliphatic carboxylic acids is 1. The average molecular weight is 547 g/mol. The molecule has 2 heterocycles. The SMILES string of the molecule is COCCCOc1cc(CN(C(=O)[C@@H]2C[C@H](C(=O)O)CN(C(=O)OC(C)(C)C)C2)C2CC2)cc2c1CCCO2. The highest BCUT2D eigenvalue weighted by Gasteiger charge is 2.43. The summed E-state index contributed by atoms with van der Waals surface area (Å²) in [4.78, 5) is 41.9. The summed E-state index contributed by atoms with van der Waals surface area (Å²) in [6, 6.07) is 4.09. The second kappa shape index (κ2) is 12.4. The van der Waals surface area contributed by atoms with Gasteiger partial charge in [0.05, 0.1) is 25.0 Å². The highest BCUT2D eigenvalue weighted by molar-refractivity contribution is 5.82. The number of methoxy groups -OCH3 is 1. The van der Waals surface area contributed by atoms with E-state index in [9.17, 15) is 19.5 Å². The minimum atomic E-state index is -1.01. The molecule has 10 nitrogen and oxygen atoms in total. The Hall–Kier alpha value is -3.01. The zero-order valence-corrected chi connectivity index (χ0v) is 23.6. The van der Waals surface area contributed by atoms with E-state index in [1.807, 2.05) is 17.0 Å². The molecule has 10 heteroatoms. The van der Waals surface area contributed by atoms with Crippen LogP contribution in [-0.2, 0) is 32.0 Å². The van der Waals surface area contributed by atoms with Gasteiger partial charge in [-0.05, 0) is 70.6 Å². The minimum Gasteiger partial charge on any atom is -0.493 e. The van der Waals surface area contributed by atoms with Crippen LogP contribution in [0.1, 0.15) is 64.0 Å². The Kier molecular flexibility index (Phi) is 9.25. The monoisotopic (exact) mass is 546 g/mol. The van der Waals surface area contributed by atoms with Gasteiger partial charge in [0.2, 0.25) is 5.91 Å². The Morgan fingerprint density at radius 3 is 2.54 bits per heavy atom. The Morgan fingerprint density at radius 1 is 1.13 bits per heavy atom. The standard InChI is InChI=1S/C29H42N2O8/c1-29(2,3)39-28(35)30-17-20(15-21(18-30)27(33)34)26(32)31(22-8-9-22)16-19-13-24-23(7-5-11-37-24)25(14-19)38-12-6-10-36-4/h13-14,20-22H,5-12,15-18H2,1-4H3,(H,33,34)/t20-,21+/m1/s1. The molecule has 2 atom stereocenters. The molecule has 2 fully saturated rings. The molecule has 1 saturated heterocycles. The van der Waals surface area contributed by atoms with Crippen LogP contribution in [0, 0.1) is 11.8 Å². The number of carbonyl (C=O) groups is 3. The van der Waals surface area contributed by atoms with E-state index in [2.05, 4.69) is 0 Å². The molecule has 1 saturated carbocycles. The second-order valence-electron chi connectivity index (χ2n) is 11.8. The fourth-order valence-electron chi connectivity index (χ4n) is 5.22. The van der Waals surface area contributed by atoms with Crippen molar-refractivity contribution < 1.29 is 38.4 Å². The molecule has 2 amide bonds. The lowest BCUT2D eigenvalue weighted by molar-refractivity contribution is -0.147. The van der Waals surface area contributed by atoms with Gasteiger partial charge in [-0.1, -0.05) is 0 Å². The topological polar surface area (TPSA) is 115 Å². The van der Waals surface area contributed by atoms with Crippen molar-refractivity contribution in [3.63, 3.8) is 0 Å². The summed E-state index contributed by atoms with van der Waals surface area (Å²) in [5.41, 5.74) is 1.24. The summed E-state index contributed by atoms with van der Waals surface area (Å²) in [6.07, 6.45) is 3.97.